The first-order chi connectivity index (χ1) is 11.0. The average molecular weight is 355 g/mol. The van der Waals surface area contributed by atoms with Crippen LogP contribution in [-0.4, -0.2) is 49.8 Å². The summed E-state index contributed by atoms with van der Waals surface area (Å²) in [5.74, 6) is -2.27. The highest BCUT2D eigenvalue weighted by Crippen LogP contribution is 2.48. The zero-order chi connectivity index (χ0) is 18.3. The molecule has 130 valence electrons. The minimum absolute atomic E-state index is 0.0435. The highest BCUT2D eigenvalue weighted by atomic mass is 31.2. The number of amides is 1. The van der Waals surface area contributed by atoms with Crippen LogP contribution in [0.4, 0.5) is 0 Å². The van der Waals surface area contributed by atoms with Crippen LogP contribution in [0.5, 0.6) is 0 Å². The summed E-state index contributed by atoms with van der Waals surface area (Å²) < 4.78 is 16.8. The van der Waals surface area contributed by atoms with Crippen LogP contribution in [0.2, 0.25) is 0 Å². The maximum Gasteiger partial charge on any atom is 0.438 e. The van der Waals surface area contributed by atoms with Crippen LogP contribution >= 0.6 is 7.75 Å². The Morgan fingerprint density at radius 2 is 2.04 bits per heavy atom. The van der Waals surface area contributed by atoms with E-state index in [4.69, 9.17) is 0 Å². The number of amidine groups is 1. The second-order valence-electron chi connectivity index (χ2n) is 5.76. The fraction of sp³-hybridized carbons (Fsp3) is 0.429. The lowest BCUT2D eigenvalue weighted by Gasteiger charge is -2.25. The molecule has 1 aliphatic rings. The predicted molar refractivity (Wildman–Crippen MR) is 84.2 cm³/mol. The molecule has 1 aliphatic heterocycles. The van der Waals surface area contributed by atoms with E-state index in [0.29, 0.717) is 4.67 Å². The smallest absolute Gasteiger partial charge is 0.438 e. The molecule has 0 aromatic carbocycles. The normalized spacial score (nSPS) is 21.2. The molecule has 1 aromatic rings. The quantitative estimate of drug-likeness (QED) is 0.608. The fourth-order valence-corrected chi connectivity index (χ4v) is 3.08. The van der Waals surface area contributed by atoms with Gasteiger partial charge in [0.1, 0.15) is 11.2 Å². The average Bonchev–Trinajstić information content (AvgIpc) is 2.79. The molecule has 24 heavy (non-hydrogen) atoms. The number of aliphatic imine (C=N–C) groups is 1. The lowest BCUT2D eigenvalue weighted by molar-refractivity contribution is -0.129. The molecule has 1 atom stereocenters. The van der Waals surface area contributed by atoms with E-state index in [1.54, 1.807) is 13.8 Å². The van der Waals surface area contributed by atoms with Crippen molar-refractivity contribution in [2.45, 2.75) is 26.3 Å². The Hall–Kier alpha value is -2.09. The number of aromatic nitrogens is 1. The molecule has 2 heterocycles. The van der Waals surface area contributed by atoms with Gasteiger partial charge in [-0.3, -0.25) is 9.78 Å². The number of rotatable bonds is 4. The summed E-state index contributed by atoms with van der Waals surface area (Å²) in [5.41, 5.74) is -1.54. The van der Waals surface area contributed by atoms with Gasteiger partial charge in [0.15, 0.2) is 5.84 Å². The van der Waals surface area contributed by atoms with Crippen molar-refractivity contribution in [3.63, 3.8) is 0 Å². The molecular formula is C14H18N3O6P. The standard InChI is InChI=1S/C14H18N3O6P/c1-8(2)14(3)13(19)17(24(20,21)22)11(16-14)10-9(12(18)23-4)6-5-7-15-10/h5-8H,1-4H3,(H2,20,21,22). The number of pyridine rings is 1. The molecule has 1 unspecified atom stereocenters. The fourth-order valence-electron chi connectivity index (χ4n) is 2.25. The minimum atomic E-state index is -5.01. The van der Waals surface area contributed by atoms with E-state index in [-0.39, 0.29) is 23.0 Å². The number of hydrogen-bond donors (Lipinski definition) is 2. The Kier molecular flexibility index (Phi) is 4.63. The van der Waals surface area contributed by atoms with Gasteiger partial charge in [0.05, 0.1) is 12.7 Å². The lowest BCUT2D eigenvalue weighted by Crippen LogP contribution is -2.42. The van der Waals surface area contributed by atoms with Gasteiger partial charge < -0.3 is 14.5 Å². The van der Waals surface area contributed by atoms with E-state index in [0.717, 1.165) is 0 Å². The molecule has 0 radical (unpaired) electrons. The molecule has 9 nitrogen and oxygen atoms in total. The van der Waals surface area contributed by atoms with E-state index < -0.39 is 25.2 Å². The maximum absolute atomic E-state index is 12.6. The monoisotopic (exact) mass is 355 g/mol. The van der Waals surface area contributed by atoms with Crippen LogP contribution < -0.4 is 0 Å². The Morgan fingerprint density at radius 3 is 2.54 bits per heavy atom. The first-order valence-corrected chi connectivity index (χ1v) is 8.64. The summed E-state index contributed by atoms with van der Waals surface area (Å²) in [6.07, 6.45) is 1.33. The van der Waals surface area contributed by atoms with Gasteiger partial charge in [-0.15, -0.1) is 0 Å². The molecule has 1 aromatic heterocycles. The Labute approximate surface area is 138 Å². The third-order valence-corrected chi connectivity index (χ3v) is 4.87. The second kappa shape index (κ2) is 6.08. The summed E-state index contributed by atoms with van der Waals surface area (Å²) in [7, 11) is -3.84. The highest BCUT2D eigenvalue weighted by molar-refractivity contribution is 7.51. The van der Waals surface area contributed by atoms with Gasteiger partial charge in [0, 0.05) is 6.20 Å². The van der Waals surface area contributed by atoms with Crippen LogP contribution in [0.15, 0.2) is 23.3 Å². The molecule has 1 amide bonds. The third kappa shape index (κ3) is 2.86. The number of esters is 1. The molecule has 2 rings (SSSR count). The van der Waals surface area contributed by atoms with Crippen LogP contribution in [0, 0.1) is 5.92 Å². The summed E-state index contributed by atoms with van der Waals surface area (Å²) in [5, 5.41) is 0. The van der Waals surface area contributed by atoms with Crippen molar-refractivity contribution >= 4 is 25.5 Å². The third-order valence-electron chi connectivity index (χ3n) is 3.97. The van der Waals surface area contributed by atoms with E-state index in [1.807, 2.05) is 0 Å². The molecule has 2 N–H and O–H groups in total. The Bertz CT molecular complexity index is 772. The summed E-state index contributed by atoms with van der Waals surface area (Å²) in [4.78, 5) is 52.0. The first-order valence-electron chi connectivity index (χ1n) is 7.08. The van der Waals surface area contributed by atoms with Gasteiger partial charge in [0.25, 0.3) is 5.91 Å². The first kappa shape index (κ1) is 18.3. The Morgan fingerprint density at radius 1 is 1.42 bits per heavy atom. The van der Waals surface area contributed by atoms with E-state index >= 15 is 0 Å². The van der Waals surface area contributed by atoms with Gasteiger partial charge in [-0.05, 0) is 25.0 Å². The van der Waals surface area contributed by atoms with Crippen molar-refractivity contribution in [2.75, 3.05) is 7.11 Å². The van der Waals surface area contributed by atoms with Crippen molar-refractivity contribution in [1.29, 1.82) is 0 Å². The van der Waals surface area contributed by atoms with Gasteiger partial charge in [-0.1, -0.05) is 13.8 Å². The zero-order valence-corrected chi connectivity index (χ0v) is 14.5. The minimum Gasteiger partial charge on any atom is -0.465 e. The van der Waals surface area contributed by atoms with Crippen LogP contribution in [-0.2, 0) is 14.1 Å². The number of methoxy groups -OCH3 is 1. The number of carbonyl (C=O) groups excluding carboxylic acids is 2. The molecule has 0 bridgehead atoms. The van der Waals surface area contributed by atoms with Crippen molar-refractivity contribution in [2.24, 2.45) is 10.9 Å². The van der Waals surface area contributed by atoms with Crippen LogP contribution in [0.3, 0.4) is 0 Å². The SMILES string of the molecule is COC(=O)c1cccnc1C1=NC(C)(C(C)C)C(=O)N1P(=O)(O)O. The number of hydrogen-bond acceptors (Lipinski definition) is 6. The van der Waals surface area contributed by atoms with Crippen molar-refractivity contribution in [3.8, 4) is 0 Å². The number of ether oxygens (including phenoxy) is 1. The van der Waals surface area contributed by atoms with E-state index in [1.165, 1.54) is 32.4 Å². The maximum atomic E-state index is 12.6. The summed E-state index contributed by atoms with van der Waals surface area (Å²) >= 11 is 0. The lowest BCUT2D eigenvalue weighted by atomic mass is 9.89. The number of nitrogens with zero attached hydrogens (tertiary/aromatic N) is 3. The molecular weight excluding hydrogens is 337 g/mol. The molecule has 0 saturated heterocycles. The topological polar surface area (TPSA) is 129 Å². The highest BCUT2D eigenvalue weighted by Gasteiger charge is 2.53. The van der Waals surface area contributed by atoms with Crippen molar-refractivity contribution in [3.05, 3.63) is 29.6 Å². The van der Waals surface area contributed by atoms with E-state index in [9.17, 15) is 23.9 Å². The molecule has 0 spiro atoms. The second-order valence-corrected chi connectivity index (χ2v) is 7.19. The molecule has 0 aliphatic carbocycles. The van der Waals surface area contributed by atoms with E-state index in [2.05, 4.69) is 14.7 Å². The zero-order valence-electron chi connectivity index (χ0n) is 13.6. The summed E-state index contributed by atoms with van der Waals surface area (Å²) in [6.45, 7) is 4.90. The summed E-state index contributed by atoms with van der Waals surface area (Å²) in [6, 6.07) is 2.85. The van der Waals surface area contributed by atoms with Gasteiger partial charge in [0.2, 0.25) is 0 Å². The van der Waals surface area contributed by atoms with Crippen LogP contribution in [0.1, 0.15) is 36.8 Å². The van der Waals surface area contributed by atoms with Crippen LogP contribution in [0.25, 0.3) is 0 Å². The Balaban J connectivity index is 2.73. The number of carbonyl (C=O) groups is 2. The van der Waals surface area contributed by atoms with Gasteiger partial charge in [-0.2, -0.15) is 4.67 Å². The van der Waals surface area contributed by atoms with Gasteiger partial charge in [-0.25, -0.2) is 14.4 Å². The molecule has 10 heteroatoms. The molecule has 0 saturated carbocycles. The molecule has 0 fully saturated rings. The largest absolute Gasteiger partial charge is 0.465 e. The van der Waals surface area contributed by atoms with Crippen molar-refractivity contribution in [1.82, 2.24) is 9.65 Å². The predicted octanol–water partition coefficient (Wildman–Crippen LogP) is 0.964. The van der Waals surface area contributed by atoms with Crippen molar-refractivity contribution < 1.29 is 28.7 Å². The van der Waals surface area contributed by atoms with Gasteiger partial charge >= 0.3 is 13.7 Å².